The minimum Gasteiger partial charge on any atom is -0.370 e. The lowest BCUT2D eigenvalue weighted by Gasteiger charge is -2.07. The standard InChI is InChI=1S/C8H8Cl2N2O/c9-6-4-7(10)12-8(11-6)5-2-1-3-13-5/h4-5H,1-3H2/t5-/m0/s1. The average Bonchev–Trinajstić information content (AvgIpc) is 2.53. The Morgan fingerprint density at radius 1 is 1.31 bits per heavy atom. The topological polar surface area (TPSA) is 35.0 Å². The third kappa shape index (κ3) is 2.10. The van der Waals surface area contributed by atoms with E-state index in [4.69, 9.17) is 27.9 Å². The number of rotatable bonds is 1. The average molecular weight is 219 g/mol. The predicted molar refractivity (Wildman–Crippen MR) is 50.0 cm³/mol. The highest BCUT2D eigenvalue weighted by molar-refractivity contribution is 6.33. The van der Waals surface area contributed by atoms with E-state index in [0.717, 1.165) is 19.4 Å². The van der Waals surface area contributed by atoms with Gasteiger partial charge in [-0.2, -0.15) is 0 Å². The second-order valence-electron chi connectivity index (χ2n) is 2.87. The highest BCUT2D eigenvalue weighted by atomic mass is 35.5. The molecule has 1 aromatic heterocycles. The first-order valence-electron chi connectivity index (χ1n) is 4.07. The SMILES string of the molecule is Clc1cc(Cl)nc([C@@H]2CCCO2)n1. The van der Waals surface area contributed by atoms with Crippen molar-refractivity contribution in [2.45, 2.75) is 18.9 Å². The minimum absolute atomic E-state index is 0.0313. The molecule has 0 spiro atoms. The zero-order chi connectivity index (χ0) is 9.26. The zero-order valence-electron chi connectivity index (χ0n) is 6.83. The van der Waals surface area contributed by atoms with Gasteiger partial charge in [-0.1, -0.05) is 23.2 Å². The largest absolute Gasteiger partial charge is 0.370 e. The first kappa shape index (κ1) is 9.19. The maximum atomic E-state index is 5.74. The molecule has 1 aliphatic heterocycles. The Bertz CT molecular complexity index is 293. The molecule has 0 unspecified atom stereocenters. The number of hydrogen-bond acceptors (Lipinski definition) is 3. The van der Waals surface area contributed by atoms with Crippen LogP contribution in [0, 0.1) is 0 Å². The fraction of sp³-hybridized carbons (Fsp3) is 0.500. The number of aromatic nitrogens is 2. The molecule has 0 bridgehead atoms. The lowest BCUT2D eigenvalue weighted by molar-refractivity contribution is 0.105. The van der Waals surface area contributed by atoms with E-state index in [1.54, 1.807) is 0 Å². The Labute approximate surface area is 86.0 Å². The zero-order valence-corrected chi connectivity index (χ0v) is 8.35. The normalized spacial score (nSPS) is 22.2. The van der Waals surface area contributed by atoms with Gasteiger partial charge in [0.15, 0.2) is 5.82 Å². The van der Waals surface area contributed by atoms with E-state index in [2.05, 4.69) is 9.97 Å². The lowest BCUT2D eigenvalue weighted by atomic mass is 10.2. The first-order chi connectivity index (χ1) is 6.25. The van der Waals surface area contributed by atoms with Crippen molar-refractivity contribution in [3.05, 3.63) is 22.2 Å². The summed E-state index contributed by atoms with van der Waals surface area (Å²) in [5.41, 5.74) is 0. The molecule has 0 amide bonds. The van der Waals surface area contributed by atoms with Crippen LogP contribution in [-0.4, -0.2) is 16.6 Å². The second kappa shape index (κ2) is 3.78. The molecular weight excluding hydrogens is 211 g/mol. The first-order valence-corrected chi connectivity index (χ1v) is 4.83. The number of nitrogens with zero attached hydrogens (tertiary/aromatic N) is 2. The summed E-state index contributed by atoms with van der Waals surface area (Å²) in [6.45, 7) is 0.762. The van der Waals surface area contributed by atoms with Crippen LogP contribution < -0.4 is 0 Å². The Kier molecular flexibility index (Phi) is 2.67. The Hall–Kier alpha value is -0.380. The van der Waals surface area contributed by atoms with Crippen LogP contribution in [-0.2, 0) is 4.74 Å². The van der Waals surface area contributed by atoms with Crippen LogP contribution >= 0.6 is 23.2 Å². The van der Waals surface area contributed by atoms with Crippen molar-refractivity contribution in [2.24, 2.45) is 0 Å². The van der Waals surface area contributed by atoms with Gasteiger partial charge in [-0.05, 0) is 12.8 Å². The summed E-state index contributed by atoms with van der Waals surface area (Å²) in [4.78, 5) is 8.12. The van der Waals surface area contributed by atoms with Crippen molar-refractivity contribution >= 4 is 23.2 Å². The van der Waals surface area contributed by atoms with E-state index < -0.39 is 0 Å². The maximum Gasteiger partial charge on any atom is 0.160 e. The molecule has 1 saturated heterocycles. The summed E-state index contributed by atoms with van der Waals surface area (Å²) in [6, 6.07) is 1.52. The molecule has 70 valence electrons. The third-order valence-electron chi connectivity index (χ3n) is 1.90. The molecule has 0 aromatic carbocycles. The molecule has 0 N–H and O–H groups in total. The van der Waals surface area contributed by atoms with Crippen LogP contribution in [0.2, 0.25) is 10.3 Å². The summed E-state index contributed by atoms with van der Waals surface area (Å²) in [7, 11) is 0. The van der Waals surface area contributed by atoms with Crippen LogP contribution in [0.1, 0.15) is 24.8 Å². The van der Waals surface area contributed by atoms with Crippen molar-refractivity contribution in [2.75, 3.05) is 6.61 Å². The number of halogens is 2. The third-order valence-corrected chi connectivity index (χ3v) is 2.29. The lowest BCUT2D eigenvalue weighted by Crippen LogP contribution is -2.02. The monoisotopic (exact) mass is 218 g/mol. The summed E-state index contributed by atoms with van der Waals surface area (Å²) < 4.78 is 5.41. The van der Waals surface area contributed by atoms with Gasteiger partial charge < -0.3 is 4.74 Å². The van der Waals surface area contributed by atoms with Gasteiger partial charge in [-0.25, -0.2) is 9.97 Å². The van der Waals surface area contributed by atoms with Gasteiger partial charge in [0, 0.05) is 12.7 Å². The van der Waals surface area contributed by atoms with E-state index >= 15 is 0 Å². The molecule has 0 radical (unpaired) electrons. The van der Waals surface area contributed by atoms with Crippen molar-refractivity contribution in [1.29, 1.82) is 0 Å². The molecule has 0 saturated carbocycles. The molecule has 2 heterocycles. The maximum absolute atomic E-state index is 5.74. The molecular formula is C8H8Cl2N2O. The highest BCUT2D eigenvalue weighted by Crippen LogP contribution is 2.27. The van der Waals surface area contributed by atoms with Crippen LogP contribution in [0.3, 0.4) is 0 Å². The van der Waals surface area contributed by atoms with Crippen LogP contribution in [0.15, 0.2) is 6.07 Å². The highest BCUT2D eigenvalue weighted by Gasteiger charge is 2.21. The Morgan fingerprint density at radius 2 is 2.00 bits per heavy atom. The molecule has 5 heteroatoms. The fourth-order valence-electron chi connectivity index (χ4n) is 1.33. The predicted octanol–water partition coefficient (Wildman–Crippen LogP) is 2.63. The van der Waals surface area contributed by atoms with Gasteiger partial charge >= 0.3 is 0 Å². The van der Waals surface area contributed by atoms with E-state index in [9.17, 15) is 0 Å². The van der Waals surface area contributed by atoms with Gasteiger partial charge in [0.1, 0.15) is 16.4 Å². The molecule has 1 fully saturated rings. The van der Waals surface area contributed by atoms with E-state index in [-0.39, 0.29) is 6.10 Å². The van der Waals surface area contributed by atoms with Gasteiger partial charge in [-0.3, -0.25) is 0 Å². The summed E-state index contributed by atoms with van der Waals surface area (Å²) in [5, 5.41) is 0.732. The fourth-order valence-corrected chi connectivity index (χ4v) is 1.77. The Balaban J connectivity index is 2.28. The number of ether oxygens (including phenoxy) is 1. The smallest absolute Gasteiger partial charge is 0.160 e. The van der Waals surface area contributed by atoms with Crippen molar-refractivity contribution in [3.8, 4) is 0 Å². The molecule has 0 aliphatic carbocycles. The molecule has 3 nitrogen and oxygen atoms in total. The Morgan fingerprint density at radius 3 is 2.54 bits per heavy atom. The van der Waals surface area contributed by atoms with Crippen LogP contribution in [0.5, 0.6) is 0 Å². The van der Waals surface area contributed by atoms with Crippen molar-refractivity contribution < 1.29 is 4.74 Å². The summed E-state index contributed by atoms with van der Waals surface area (Å²) in [6.07, 6.45) is 1.95. The summed E-state index contributed by atoms with van der Waals surface area (Å²) in [5.74, 6) is 0.593. The van der Waals surface area contributed by atoms with Gasteiger partial charge in [0.2, 0.25) is 0 Å². The molecule has 2 rings (SSSR count). The van der Waals surface area contributed by atoms with Crippen molar-refractivity contribution in [1.82, 2.24) is 9.97 Å². The van der Waals surface area contributed by atoms with Gasteiger partial charge in [-0.15, -0.1) is 0 Å². The van der Waals surface area contributed by atoms with E-state index in [1.165, 1.54) is 6.07 Å². The van der Waals surface area contributed by atoms with Crippen molar-refractivity contribution in [3.63, 3.8) is 0 Å². The molecule has 13 heavy (non-hydrogen) atoms. The van der Waals surface area contributed by atoms with E-state index in [0.29, 0.717) is 16.1 Å². The van der Waals surface area contributed by atoms with E-state index in [1.807, 2.05) is 0 Å². The van der Waals surface area contributed by atoms with Gasteiger partial charge in [0.25, 0.3) is 0 Å². The number of hydrogen-bond donors (Lipinski definition) is 0. The molecule has 1 atom stereocenters. The minimum atomic E-state index is -0.0313. The quantitative estimate of drug-likeness (QED) is 0.681. The van der Waals surface area contributed by atoms with Crippen LogP contribution in [0.25, 0.3) is 0 Å². The van der Waals surface area contributed by atoms with Gasteiger partial charge in [0.05, 0.1) is 0 Å². The second-order valence-corrected chi connectivity index (χ2v) is 3.65. The van der Waals surface area contributed by atoms with Crippen LogP contribution in [0.4, 0.5) is 0 Å². The summed E-state index contributed by atoms with van der Waals surface area (Å²) >= 11 is 11.5. The molecule has 1 aromatic rings. The molecule has 1 aliphatic rings.